The maximum atomic E-state index is 11.1. The predicted octanol–water partition coefficient (Wildman–Crippen LogP) is 1.76. The van der Waals surface area contributed by atoms with Gasteiger partial charge in [-0.15, -0.1) is 0 Å². The summed E-state index contributed by atoms with van der Waals surface area (Å²) in [4.78, 5) is 11.1. The van der Waals surface area contributed by atoms with Crippen molar-refractivity contribution in [1.29, 1.82) is 0 Å². The minimum Gasteiger partial charge on any atom is -0.386 e. The molecule has 0 aromatic carbocycles. The Bertz CT molecular complexity index is 119. The van der Waals surface area contributed by atoms with E-state index in [4.69, 9.17) is 5.11 Å². The van der Waals surface area contributed by atoms with Crippen molar-refractivity contribution in [2.45, 2.75) is 46.1 Å². The van der Waals surface area contributed by atoms with Crippen LogP contribution in [0.2, 0.25) is 0 Å². The molecule has 2 unspecified atom stereocenters. The Labute approximate surface area is 68.6 Å². The third-order valence-corrected chi connectivity index (χ3v) is 1.89. The smallest absolute Gasteiger partial charge is 0.163 e. The fourth-order valence-electron chi connectivity index (χ4n) is 1.06. The first-order valence-corrected chi connectivity index (χ1v) is 4.31. The van der Waals surface area contributed by atoms with Gasteiger partial charge in [0.1, 0.15) is 6.10 Å². The molecule has 0 aliphatic rings. The van der Waals surface area contributed by atoms with E-state index in [1.54, 1.807) is 0 Å². The van der Waals surface area contributed by atoms with Gasteiger partial charge in [0.2, 0.25) is 0 Å². The molecule has 0 aliphatic carbocycles. The quantitative estimate of drug-likeness (QED) is 0.662. The molecule has 0 aliphatic heterocycles. The van der Waals surface area contributed by atoms with Gasteiger partial charge in [0, 0.05) is 5.92 Å². The van der Waals surface area contributed by atoms with E-state index in [1.165, 1.54) is 6.92 Å². The van der Waals surface area contributed by atoms with Crippen molar-refractivity contribution in [3.8, 4) is 0 Å². The zero-order valence-electron chi connectivity index (χ0n) is 7.63. The van der Waals surface area contributed by atoms with Crippen molar-refractivity contribution in [3.05, 3.63) is 0 Å². The summed E-state index contributed by atoms with van der Waals surface area (Å²) in [6.45, 7) is 5.51. The number of hydrogen-bond acceptors (Lipinski definition) is 2. The second kappa shape index (κ2) is 5.30. The van der Waals surface area contributed by atoms with Crippen LogP contribution in [0.25, 0.3) is 0 Å². The SMILES string of the molecule is CCCCC(C)C(=O)C(C)O. The summed E-state index contributed by atoms with van der Waals surface area (Å²) in [5, 5.41) is 8.94. The number of carbonyl (C=O) groups excluding carboxylic acids is 1. The molecular weight excluding hydrogens is 140 g/mol. The summed E-state index contributed by atoms with van der Waals surface area (Å²) >= 11 is 0. The molecule has 2 nitrogen and oxygen atoms in total. The van der Waals surface area contributed by atoms with Crippen LogP contribution in [0.15, 0.2) is 0 Å². The van der Waals surface area contributed by atoms with Crippen LogP contribution >= 0.6 is 0 Å². The fourth-order valence-corrected chi connectivity index (χ4v) is 1.06. The Morgan fingerprint density at radius 3 is 2.36 bits per heavy atom. The Morgan fingerprint density at radius 2 is 2.00 bits per heavy atom. The third-order valence-electron chi connectivity index (χ3n) is 1.89. The highest BCUT2D eigenvalue weighted by Gasteiger charge is 2.16. The average Bonchev–Trinajstić information content (AvgIpc) is 1.98. The first-order valence-electron chi connectivity index (χ1n) is 4.31. The molecule has 66 valence electrons. The number of aliphatic hydroxyl groups is 1. The van der Waals surface area contributed by atoms with Crippen LogP contribution in [0.4, 0.5) is 0 Å². The average molecular weight is 158 g/mol. The van der Waals surface area contributed by atoms with E-state index in [0.717, 1.165) is 19.3 Å². The molecule has 0 spiro atoms. The summed E-state index contributed by atoms with van der Waals surface area (Å²) in [6, 6.07) is 0. The lowest BCUT2D eigenvalue weighted by atomic mass is 9.97. The fraction of sp³-hybridized carbons (Fsp3) is 0.889. The minimum atomic E-state index is -0.790. The molecule has 2 heteroatoms. The van der Waals surface area contributed by atoms with Crippen molar-refractivity contribution in [2.24, 2.45) is 5.92 Å². The molecule has 0 amide bonds. The Hall–Kier alpha value is -0.370. The van der Waals surface area contributed by atoms with E-state index < -0.39 is 6.10 Å². The van der Waals surface area contributed by atoms with Crippen LogP contribution in [0.1, 0.15) is 40.0 Å². The zero-order chi connectivity index (χ0) is 8.85. The molecule has 2 atom stereocenters. The lowest BCUT2D eigenvalue weighted by molar-refractivity contribution is -0.130. The molecule has 0 aromatic rings. The molecule has 11 heavy (non-hydrogen) atoms. The van der Waals surface area contributed by atoms with Gasteiger partial charge in [0.25, 0.3) is 0 Å². The van der Waals surface area contributed by atoms with Crippen LogP contribution in [0, 0.1) is 5.92 Å². The van der Waals surface area contributed by atoms with Crippen molar-refractivity contribution in [1.82, 2.24) is 0 Å². The molecule has 0 heterocycles. The highest BCUT2D eigenvalue weighted by molar-refractivity contribution is 5.84. The lowest BCUT2D eigenvalue weighted by Gasteiger charge is -2.10. The number of unbranched alkanes of at least 4 members (excludes halogenated alkanes) is 1. The summed E-state index contributed by atoms with van der Waals surface area (Å²) < 4.78 is 0. The molecule has 0 saturated heterocycles. The van der Waals surface area contributed by atoms with Crippen LogP contribution < -0.4 is 0 Å². The summed E-state index contributed by atoms with van der Waals surface area (Å²) in [6.07, 6.45) is 2.29. The van der Waals surface area contributed by atoms with E-state index in [2.05, 4.69) is 6.92 Å². The van der Waals surface area contributed by atoms with Gasteiger partial charge in [0.05, 0.1) is 0 Å². The van der Waals surface area contributed by atoms with Gasteiger partial charge >= 0.3 is 0 Å². The molecule has 0 bridgehead atoms. The van der Waals surface area contributed by atoms with Gasteiger partial charge < -0.3 is 5.11 Å². The van der Waals surface area contributed by atoms with Crippen LogP contribution in [-0.4, -0.2) is 17.0 Å². The van der Waals surface area contributed by atoms with Crippen molar-refractivity contribution < 1.29 is 9.90 Å². The van der Waals surface area contributed by atoms with Gasteiger partial charge in [-0.25, -0.2) is 0 Å². The summed E-state index contributed by atoms with van der Waals surface area (Å²) in [5.41, 5.74) is 0. The van der Waals surface area contributed by atoms with E-state index in [0.29, 0.717) is 0 Å². The largest absolute Gasteiger partial charge is 0.386 e. The first-order chi connectivity index (χ1) is 5.09. The maximum absolute atomic E-state index is 11.1. The van der Waals surface area contributed by atoms with Gasteiger partial charge in [-0.1, -0.05) is 26.7 Å². The van der Waals surface area contributed by atoms with Crippen LogP contribution in [0.5, 0.6) is 0 Å². The molecule has 0 fully saturated rings. The van der Waals surface area contributed by atoms with E-state index in [1.807, 2.05) is 6.92 Å². The highest BCUT2D eigenvalue weighted by Crippen LogP contribution is 2.10. The molecule has 1 N–H and O–H groups in total. The number of hydrogen-bond donors (Lipinski definition) is 1. The second-order valence-corrected chi connectivity index (χ2v) is 3.12. The van der Waals surface area contributed by atoms with E-state index in [9.17, 15) is 4.79 Å². The van der Waals surface area contributed by atoms with Gasteiger partial charge in [-0.2, -0.15) is 0 Å². The Balaban J connectivity index is 3.64. The van der Waals surface area contributed by atoms with E-state index in [-0.39, 0.29) is 11.7 Å². The normalized spacial score (nSPS) is 16.0. The number of aliphatic hydroxyl groups excluding tert-OH is 1. The van der Waals surface area contributed by atoms with Crippen LogP contribution in [0.3, 0.4) is 0 Å². The van der Waals surface area contributed by atoms with Gasteiger partial charge in [-0.05, 0) is 13.3 Å². The molecule has 0 radical (unpaired) electrons. The maximum Gasteiger partial charge on any atom is 0.163 e. The predicted molar refractivity (Wildman–Crippen MR) is 45.4 cm³/mol. The van der Waals surface area contributed by atoms with Gasteiger partial charge in [-0.3, -0.25) is 4.79 Å². The number of ketones is 1. The zero-order valence-corrected chi connectivity index (χ0v) is 7.63. The molecule has 0 aromatic heterocycles. The minimum absolute atomic E-state index is 0.0231. The highest BCUT2D eigenvalue weighted by atomic mass is 16.3. The third kappa shape index (κ3) is 4.14. The Morgan fingerprint density at radius 1 is 1.45 bits per heavy atom. The van der Waals surface area contributed by atoms with Crippen molar-refractivity contribution in [2.75, 3.05) is 0 Å². The standard InChI is InChI=1S/C9H18O2/c1-4-5-6-7(2)9(11)8(3)10/h7-8,10H,4-6H2,1-3H3. The van der Waals surface area contributed by atoms with Gasteiger partial charge in [0.15, 0.2) is 5.78 Å². The monoisotopic (exact) mass is 158 g/mol. The molecule has 0 rings (SSSR count). The summed E-state index contributed by atoms with van der Waals surface area (Å²) in [5.74, 6) is -0.00611. The summed E-state index contributed by atoms with van der Waals surface area (Å²) in [7, 11) is 0. The number of rotatable bonds is 5. The van der Waals surface area contributed by atoms with E-state index >= 15 is 0 Å². The topological polar surface area (TPSA) is 37.3 Å². The first kappa shape index (κ1) is 10.6. The van der Waals surface area contributed by atoms with Crippen molar-refractivity contribution in [3.63, 3.8) is 0 Å². The van der Waals surface area contributed by atoms with Crippen LogP contribution in [-0.2, 0) is 4.79 Å². The number of carbonyl (C=O) groups is 1. The second-order valence-electron chi connectivity index (χ2n) is 3.12. The Kier molecular flexibility index (Phi) is 5.12. The van der Waals surface area contributed by atoms with Crippen molar-refractivity contribution >= 4 is 5.78 Å². The number of Topliss-reactive ketones (excluding diaryl/α,β-unsaturated/α-hetero) is 1. The lowest BCUT2D eigenvalue weighted by Crippen LogP contribution is -2.23. The molecular formula is C9H18O2. The molecule has 0 saturated carbocycles.